The van der Waals surface area contributed by atoms with E-state index < -0.39 is 24.3 Å². The number of aliphatic carboxylic acids is 1. The predicted molar refractivity (Wildman–Crippen MR) is 361 cm³/mol. The maximum Gasteiger partial charge on any atom is 0.306 e. The lowest BCUT2D eigenvalue weighted by molar-refractivity contribution is -0.870. The summed E-state index contributed by atoms with van der Waals surface area (Å²) in [5.41, 5.74) is 0. The zero-order valence-corrected chi connectivity index (χ0v) is 56.0. The summed E-state index contributed by atoms with van der Waals surface area (Å²) < 4.78 is 22.8. The van der Waals surface area contributed by atoms with Crippen molar-refractivity contribution in [1.82, 2.24) is 0 Å². The molecular formula is C76H133NO8. The second kappa shape index (κ2) is 66.2. The average Bonchev–Trinajstić information content (AvgIpc) is 3.49. The van der Waals surface area contributed by atoms with E-state index in [4.69, 9.17) is 18.9 Å². The summed E-state index contributed by atoms with van der Waals surface area (Å²) in [6.45, 7) is 4.53. The minimum Gasteiger partial charge on any atom is -0.545 e. The topological polar surface area (TPSA) is 111 Å². The number of likely N-dealkylation sites (N-methyl/N-ethyl adjacent to an activating group) is 1. The van der Waals surface area contributed by atoms with E-state index in [2.05, 4.69) is 111 Å². The van der Waals surface area contributed by atoms with Gasteiger partial charge < -0.3 is 33.3 Å². The fraction of sp³-hybridized carbons (Fsp3) is 0.750. The van der Waals surface area contributed by atoms with Crippen LogP contribution < -0.4 is 5.11 Å². The lowest BCUT2D eigenvalue weighted by Crippen LogP contribution is -2.44. The van der Waals surface area contributed by atoms with E-state index in [-0.39, 0.29) is 38.6 Å². The van der Waals surface area contributed by atoms with Crippen LogP contribution in [0.15, 0.2) is 97.2 Å². The van der Waals surface area contributed by atoms with Gasteiger partial charge in [-0.2, -0.15) is 0 Å². The highest BCUT2D eigenvalue weighted by Gasteiger charge is 2.22. The fourth-order valence-electron chi connectivity index (χ4n) is 9.99. The molecule has 0 saturated carbocycles. The van der Waals surface area contributed by atoms with Crippen LogP contribution in [0.2, 0.25) is 0 Å². The number of nitrogens with zero attached hydrogens (tertiary/aromatic N) is 1. The lowest BCUT2D eigenvalue weighted by Gasteiger charge is -2.26. The van der Waals surface area contributed by atoms with Gasteiger partial charge in [0.05, 0.1) is 40.3 Å². The van der Waals surface area contributed by atoms with Gasteiger partial charge in [0.25, 0.3) is 0 Å². The van der Waals surface area contributed by atoms with Crippen LogP contribution in [0, 0.1) is 0 Å². The van der Waals surface area contributed by atoms with Crippen molar-refractivity contribution in [2.24, 2.45) is 0 Å². The summed E-state index contributed by atoms with van der Waals surface area (Å²) in [5, 5.41) is 11.8. The zero-order chi connectivity index (χ0) is 61.9. The Balaban J connectivity index is 3.97. The van der Waals surface area contributed by atoms with Crippen LogP contribution in [0.25, 0.3) is 0 Å². The van der Waals surface area contributed by atoms with Crippen molar-refractivity contribution in [2.45, 2.75) is 322 Å². The van der Waals surface area contributed by atoms with Crippen molar-refractivity contribution in [3.05, 3.63) is 97.2 Å². The van der Waals surface area contributed by atoms with Gasteiger partial charge in [-0.1, -0.05) is 304 Å². The minimum atomic E-state index is -1.63. The Bertz CT molecular complexity index is 1720. The normalized spacial score (nSPS) is 13.3. The molecule has 0 N–H and O–H groups in total. The number of carboxylic acids is 1. The van der Waals surface area contributed by atoms with Gasteiger partial charge in [0, 0.05) is 12.8 Å². The summed E-state index contributed by atoms with van der Waals surface area (Å²) in [4.78, 5) is 37.4. The Kier molecular flexibility index (Phi) is 63.2. The third kappa shape index (κ3) is 67.6. The first kappa shape index (κ1) is 81.2. The molecule has 0 aliphatic heterocycles. The summed E-state index contributed by atoms with van der Waals surface area (Å²) in [7, 11) is 5.93. The van der Waals surface area contributed by atoms with Crippen molar-refractivity contribution in [1.29, 1.82) is 0 Å². The SMILES string of the molecule is CC/C=C\C/C=C\C/C=C\C/C=C\CCCCCCCCCCCCCCCCCCCCCCCCCCCCCCC(=O)OC(COC(=O)CCCCCCCC/C=C\C/C=C\C/C=C\C/C=C\CC)COC(OCC[N+](C)(C)C)C(=O)[O-]. The van der Waals surface area contributed by atoms with Crippen molar-refractivity contribution in [2.75, 3.05) is 47.5 Å². The summed E-state index contributed by atoms with van der Waals surface area (Å²) >= 11 is 0. The Morgan fingerprint density at radius 2 is 0.635 bits per heavy atom. The number of rotatable bonds is 65. The van der Waals surface area contributed by atoms with Crippen LogP contribution in [0.5, 0.6) is 0 Å². The standard InChI is InChI=1S/C76H133NO8/c1-6-8-10-12-14-16-18-20-22-24-26-27-28-29-30-31-32-33-34-35-36-37-38-39-40-41-42-43-44-45-46-47-49-51-53-55-57-59-61-63-65-67-74(79)85-72(71-84-76(75(80)81)82-69-68-77(3,4)5)70-83-73(78)66-64-62-60-58-56-54-52-50-48-25-23-21-19-17-15-13-11-9-7-2/h8-11,14-17,20-23,26-27,48,50,72,76H,6-7,12-13,18-19,24-25,28-47,49,51-71H2,1-5H3/b10-8-,11-9-,16-14-,17-15-,22-20-,23-21-,27-26-,50-48-. The number of esters is 2. The van der Waals surface area contributed by atoms with Gasteiger partial charge in [-0.05, 0) is 89.9 Å². The van der Waals surface area contributed by atoms with Crippen LogP contribution in [0.4, 0.5) is 0 Å². The Hall–Kier alpha value is -3.79. The Morgan fingerprint density at radius 3 is 0.941 bits per heavy atom. The van der Waals surface area contributed by atoms with Gasteiger partial charge in [-0.15, -0.1) is 0 Å². The molecule has 0 rings (SSSR count). The van der Waals surface area contributed by atoms with Gasteiger partial charge in [-0.3, -0.25) is 9.59 Å². The number of quaternary nitrogens is 1. The van der Waals surface area contributed by atoms with Crippen molar-refractivity contribution in [3.8, 4) is 0 Å². The van der Waals surface area contributed by atoms with E-state index in [1.54, 1.807) is 0 Å². The molecule has 85 heavy (non-hydrogen) atoms. The molecule has 2 atom stereocenters. The number of carbonyl (C=O) groups excluding carboxylic acids is 3. The Labute approximate surface area is 524 Å². The summed E-state index contributed by atoms with van der Waals surface area (Å²) in [6.07, 6.45) is 88.0. The molecular weight excluding hydrogens is 1050 g/mol. The first-order chi connectivity index (χ1) is 41.6. The lowest BCUT2D eigenvalue weighted by atomic mass is 10.0. The van der Waals surface area contributed by atoms with E-state index in [1.165, 1.54) is 173 Å². The molecule has 0 aromatic carbocycles. The van der Waals surface area contributed by atoms with Gasteiger partial charge in [0.2, 0.25) is 0 Å². The van der Waals surface area contributed by atoms with Gasteiger partial charge in [0.1, 0.15) is 13.2 Å². The van der Waals surface area contributed by atoms with Crippen LogP contribution >= 0.6 is 0 Å². The van der Waals surface area contributed by atoms with Crippen LogP contribution in [0.1, 0.15) is 309 Å². The van der Waals surface area contributed by atoms with E-state index in [1.807, 2.05) is 21.1 Å². The third-order valence-corrected chi connectivity index (χ3v) is 15.3. The Morgan fingerprint density at radius 1 is 0.353 bits per heavy atom. The number of ether oxygens (including phenoxy) is 4. The van der Waals surface area contributed by atoms with Crippen molar-refractivity contribution < 1.29 is 42.9 Å². The summed E-state index contributed by atoms with van der Waals surface area (Å²) in [6, 6.07) is 0. The molecule has 0 heterocycles. The highest BCUT2D eigenvalue weighted by Crippen LogP contribution is 2.18. The predicted octanol–water partition coefficient (Wildman–Crippen LogP) is 20.7. The first-order valence-electron chi connectivity index (χ1n) is 35.4. The largest absolute Gasteiger partial charge is 0.545 e. The first-order valence-corrected chi connectivity index (χ1v) is 35.4. The minimum absolute atomic E-state index is 0.143. The molecule has 0 aliphatic carbocycles. The number of carbonyl (C=O) groups is 3. The molecule has 0 saturated heterocycles. The molecule has 0 radical (unpaired) electrons. The van der Waals surface area contributed by atoms with Gasteiger partial charge in [-0.25, -0.2) is 0 Å². The van der Waals surface area contributed by atoms with E-state index in [9.17, 15) is 19.5 Å². The van der Waals surface area contributed by atoms with Gasteiger partial charge >= 0.3 is 11.9 Å². The van der Waals surface area contributed by atoms with Crippen LogP contribution in [0.3, 0.4) is 0 Å². The number of carboxylic acid groups (broad SMARTS) is 1. The molecule has 0 bridgehead atoms. The molecule has 0 amide bonds. The molecule has 9 heteroatoms. The monoisotopic (exact) mass is 1190 g/mol. The smallest absolute Gasteiger partial charge is 0.306 e. The molecule has 9 nitrogen and oxygen atoms in total. The number of hydrogen-bond donors (Lipinski definition) is 0. The zero-order valence-electron chi connectivity index (χ0n) is 56.0. The third-order valence-electron chi connectivity index (χ3n) is 15.3. The van der Waals surface area contributed by atoms with Crippen molar-refractivity contribution in [3.63, 3.8) is 0 Å². The van der Waals surface area contributed by atoms with Gasteiger partial charge in [0.15, 0.2) is 12.4 Å². The average molecular weight is 1190 g/mol. The molecule has 0 spiro atoms. The fourth-order valence-corrected chi connectivity index (χ4v) is 9.99. The number of hydrogen-bond acceptors (Lipinski definition) is 8. The highest BCUT2D eigenvalue weighted by atomic mass is 16.7. The molecule has 2 unspecified atom stereocenters. The summed E-state index contributed by atoms with van der Waals surface area (Å²) in [5.74, 6) is -2.29. The maximum absolute atomic E-state index is 12.9. The molecule has 490 valence electrons. The van der Waals surface area contributed by atoms with Crippen LogP contribution in [-0.2, 0) is 33.3 Å². The molecule has 0 fully saturated rings. The molecule has 0 aromatic heterocycles. The second-order valence-electron chi connectivity index (χ2n) is 24.8. The quantitative estimate of drug-likeness (QED) is 0.0195. The van der Waals surface area contributed by atoms with Crippen LogP contribution in [-0.4, -0.2) is 82.3 Å². The van der Waals surface area contributed by atoms with E-state index >= 15 is 0 Å². The second-order valence-corrected chi connectivity index (χ2v) is 24.8. The molecule has 0 aromatic rings. The van der Waals surface area contributed by atoms with Crippen molar-refractivity contribution >= 4 is 17.9 Å². The maximum atomic E-state index is 12.9. The van der Waals surface area contributed by atoms with E-state index in [0.29, 0.717) is 17.4 Å². The molecule has 0 aliphatic rings. The number of allylic oxidation sites excluding steroid dienone is 16. The number of unbranched alkanes of at least 4 members (excludes halogenated alkanes) is 34. The van der Waals surface area contributed by atoms with E-state index in [0.717, 1.165) is 103 Å². The highest BCUT2D eigenvalue weighted by molar-refractivity contribution is 5.70.